The van der Waals surface area contributed by atoms with E-state index >= 15 is 0 Å². The fourth-order valence-electron chi connectivity index (χ4n) is 1.81. The second-order valence-electron chi connectivity index (χ2n) is 4.33. The van der Waals surface area contributed by atoms with Crippen molar-refractivity contribution in [3.63, 3.8) is 0 Å². The molecule has 0 spiro atoms. The van der Waals surface area contributed by atoms with Gasteiger partial charge in [0.2, 0.25) is 5.88 Å². The predicted octanol–water partition coefficient (Wildman–Crippen LogP) is 1.91. The molecule has 0 fully saturated rings. The molecule has 2 aromatic rings. The van der Waals surface area contributed by atoms with Crippen molar-refractivity contribution in [2.24, 2.45) is 0 Å². The summed E-state index contributed by atoms with van der Waals surface area (Å²) < 4.78 is 10.3. The molecule has 0 atom stereocenters. The minimum absolute atomic E-state index is 0.331. The molecule has 0 aromatic carbocycles. The van der Waals surface area contributed by atoms with Gasteiger partial charge in [-0.15, -0.1) is 0 Å². The number of rotatable bonds is 7. The molecule has 0 bridgehead atoms. The molecule has 0 unspecified atom stereocenters. The molecule has 1 N–H and O–H groups in total. The van der Waals surface area contributed by atoms with Crippen LogP contribution in [0.4, 0.5) is 5.82 Å². The van der Waals surface area contributed by atoms with Crippen LogP contribution < -0.4 is 10.1 Å². The van der Waals surface area contributed by atoms with Gasteiger partial charge in [-0.2, -0.15) is 0 Å². The Balaban J connectivity index is 2.43. The van der Waals surface area contributed by atoms with Crippen LogP contribution in [0.25, 0.3) is 11.4 Å². The Hall–Kier alpha value is -2.28. The van der Waals surface area contributed by atoms with Gasteiger partial charge in [-0.05, 0) is 6.42 Å². The first kappa shape index (κ1) is 15.1. The molecule has 2 rings (SSSR count). The standard InChI is InChI=1S/C14H19N5O2/c1-4-5-15-11-8-10(18-12(19-11)9-20-2)13-14(21-3)17-7-6-16-13/h6-8H,4-5,9H2,1-3H3,(H,15,18,19). The van der Waals surface area contributed by atoms with Gasteiger partial charge in [0.25, 0.3) is 0 Å². The number of methoxy groups -OCH3 is 2. The summed E-state index contributed by atoms with van der Waals surface area (Å²) in [6.45, 7) is 3.26. The molecule has 0 saturated heterocycles. The Morgan fingerprint density at radius 1 is 1.14 bits per heavy atom. The summed E-state index contributed by atoms with van der Waals surface area (Å²) in [6, 6.07) is 1.83. The lowest BCUT2D eigenvalue weighted by atomic mass is 10.2. The predicted molar refractivity (Wildman–Crippen MR) is 79.1 cm³/mol. The molecule has 7 nitrogen and oxygen atoms in total. The summed E-state index contributed by atoms with van der Waals surface area (Å²) >= 11 is 0. The van der Waals surface area contributed by atoms with Crippen molar-refractivity contribution >= 4 is 5.82 Å². The molecular formula is C14H19N5O2. The summed E-state index contributed by atoms with van der Waals surface area (Å²) in [5.41, 5.74) is 1.24. The van der Waals surface area contributed by atoms with E-state index < -0.39 is 0 Å². The Kier molecular flexibility index (Phi) is 5.39. The number of ether oxygens (including phenoxy) is 2. The summed E-state index contributed by atoms with van der Waals surface area (Å²) in [4.78, 5) is 17.3. The van der Waals surface area contributed by atoms with E-state index in [1.807, 2.05) is 6.07 Å². The Morgan fingerprint density at radius 2 is 1.95 bits per heavy atom. The first-order valence-corrected chi connectivity index (χ1v) is 6.74. The topological polar surface area (TPSA) is 82.1 Å². The van der Waals surface area contributed by atoms with Crippen molar-refractivity contribution in [1.29, 1.82) is 0 Å². The van der Waals surface area contributed by atoms with E-state index in [1.165, 1.54) is 0 Å². The second kappa shape index (κ2) is 7.49. The average Bonchev–Trinajstić information content (AvgIpc) is 2.53. The third-order valence-corrected chi connectivity index (χ3v) is 2.70. The molecule has 112 valence electrons. The minimum Gasteiger partial charge on any atom is -0.479 e. The van der Waals surface area contributed by atoms with Gasteiger partial charge in [-0.25, -0.2) is 19.9 Å². The van der Waals surface area contributed by atoms with Crippen molar-refractivity contribution in [2.75, 3.05) is 26.1 Å². The Labute approximate surface area is 123 Å². The minimum atomic E-state index is 0.331. The first-order chi connectivity index (χ1) is 10.3. The lowest BCUT2D eigenvalue weighted by Gasteiger charge is -2.10. The highest BCUT2D eigenvalue weighted by molar-refractivity contribution is 5.63. The molecule has 7 heteroatoms. The van der Waals surface area contributed by atoms with Gasteiger partial charge in [0.1, 0.15) is 18.1 Å². The molecule has 0 aliphatic carbocycles. The monoisotopic (exact) mass is 289 g/mol. The molecule has 2 aromatic heterocycles. The molecule has 0 amide bonds. The van der Waals surface area contributed by atoms with Gasteiger partial charge in [0.05, 0.1) is 7.11 Å². The summed E-state index contributed by atoms with van der Waals surface area (Å²) in [5.74, 6) is 1.75. The van der Waals surface area contributed by atoms with Crippen LogP contribution in [-0.4, -0.2) is 40.7 Å². The molecule has 0 aliphatic rings. The van der Waals surface area contributed by atoms with Gasteiger partial charge in [-0.1, -0.05) is 6.92 Å². The zero-order valence-electron chi connectivity index (χ0n) is 12.5. The fraction of sp³-hybridized carbons (Fsp3) is 0.429. The Morgan fingerprint density at radius 3 is 2.67 bits per heavy atom. The van der Waals surface area contributed by atoms with Gasteiger partial charge in [0.15, 0.2) is 11.5 Å². The number of nitrogens with one attached hydrogen (secondary N) is 1. The Bertz CT molecular complexity index is 591. The number of hydrogen-bond donors (Lipinski definition) is 1. The lowest BCUT2D eigenvalue weighted by molar-refractivity contribution is 0.178. The zero-order chi connectivity index (χ0) is 15.1. The van der Waals surface area contributed by atoms with Gasteiger partial charge in [-0.3, -0.25) is 0 Å². The number of hydrogen-bond acceptors (Lipinski definition) is 7. The molecule has 0 saturated carbocycles. The maximum atomic E-state index is 5.23. The van der Waals surface area contributed by atoms with Crippen LogP contribution in [-0.2, 0) is 11.3 Å². The summed E-state index contributed by atoms with van der Waals surface area (Å²) in [6.07, 6.45) is 4.19. The summed E-state index contributed by atoms with van der Waals surface area (Å²) in [5, 5.41) is 3.25. The van der Waals surface area contributed by atoms with E-state index in [9.17, 15) is 0 Å². The van der Waals surface area contributed by atoms with E-state index in [4.69, 9.17) is 9.47 Å². The maximum Gasteiger partial charge on any atom is 0.241 e. The van der Waals surface area contributed by atoms with Crippen molar-refractivity contribution in [2.45, 2.75) is 20.0 Å². The van der Waals surface area contributed by atoms with E-state index in [0.717, 1.165) is 18.8 Å². The van der Waals surface area contributed by atoms with E-state index in [2.05, 4.69) is 32.2 Å². The average molecular weight is 289 g/mol. The fourth-order valence-corrected chi connectivity index (χ4v) is 1.81. The summed E-state index contributed by atoms with van der Waals surface area (Å²) in [7, 11) is 3.17. The largest absolute Gasteiger partial charge is 0.479 e. The quantitative estimate of drug-likeness (QED) is 0.833. The third kappa shape index (κ3) is 3.85. The SMILES string of the molecule is CCCNc1cc(-c2nccnc2OC)nc(COC)n1. The number of anilines is 1. The van der Waals surface area contributed by atoms with Gasteiger partial charge < -0.3 is 14.8 Å². The normalized spacial score (nSPS) is 10.4. The van der Waals surface area contributed by atoms with Crippen LogP contribution in [0.15, 0.2) is 18.5 Å². The van der Waals surface area contributed by atoms with E-state index in [0.29, 0.717) is 29.7 Å². The van der Waals surface area contributed by atoms with Crippen LogP contribution in [0, 0.1) is 0 Å². The maximum absolute atomic E-state index is 5.23. The van der Waals surface area contributed by atoms with Crippen LogP contribution in [0.2, 0.25) is 0 Å². The van der Waals surface area contributed by atoms with Crippen LogP contribution in [0.1, 0.15) is 19.2 Å². The van der Waals surface area contributed by atoms with Crippen LogP contribution in [0.5, 0.6) is 5.88 Å². The first-order valence-electron chi connectivity index (χ1n) is 6.74. The van der Waals surface area contributed by atoms with E-state index in [1.54, 1.807) is 26.6 Å². The molecule has 2 heterocycles. The van der Waals surface area contributed by atoms with Gasteiger partial charge in [0, 0.05) is 32.1 Å². The molecule has 0 radical (unpaired) electrons. The lowest BCUT2D eigenvalue weighted by Crippen LogP contribution is -2.07. The smallest absolute Gasteiger partial charge is 0.241 e. The van der Waals surface area contributed by atoms with Crippen molar-refractivity contribution < 1.29 is 9.47 Å². The van der Waals surface area contributed by atoms with Crippen molar-refractivity contribution in [3.8, 4) is 17.3 Å². The van der Waals surface area contributed by atoms with Crippen molar-refractivity contribution in [1.82, 2.24) is 19.9 Å². The van der Waals surface area contributed by atoms with Crippen LogP contribution in [0.3, 0.4) is 0 Å². The second-order valence-corrected chi connectivity index (χ2v) is 4.33. The third-order valence-electron chi connectivity index (χ3n) is 2.70. The zero-order valence-corrected chi connectivity index (χ0v) is 12.5. The highest BCUT2D eigenvalue weighted by Gasteiger charge is 2.13. The highest BCUT2D eigenvalue weighted by atomic mass is 16.5. The van der Waals surface area contributed by atoms with E-state index in [-0.39, 0.29) is 0 Å². The number of nitrogens with zero attached hydrogens (tertiary/aromatic N) is 4. The van der Waals surface area contributed by atoms with Crippen molar-refractivity contribution in [3.05, 3.63) is 24.3 Å². The van der Waals surface area contributed by atoms with Crippen LogP contribution >= 0.6 is 0 Å². The van der Waals surface area contributed by atoms with Gasteiger partial charge >= 0.3 is 0 Å². The molecule has 0 aliphatic heterocycles. The molecular weight excluding hydrogens is 270 g/mol. The highest BCUT2D eigenvalue weighted by Crippen LogP contribution is 2.25. The molecule has 21 heavy (non-hydrogen) atoms. The number of aromatic nitrogens is 4.